The fraction of sp³-hybridized carbons (Fsp3) is 0.0938. The molecule has 0 bridgehead atoms. The number of carbonyl (C=O) groups is 3. The lowest BCUT2D eigenvalue weighted by Crippen LogP contribution is -2.54. The monoisotopic (exact) mass is 636 g/mol. The molecular weight excluding hydrogens is 615 g/mol. The molecule has 4 amide bonds. The van der Waals surface area contributed by atoms with Crippen molar-refractivity contribution >= 4 is 64.4 Å². The van der Waals surface area contributed by atoms with Crippen LogP contribution in [0.1, 0.15) is 16.7 Å². The molecule has 1 aliphatic heterocycles. The van der Waals surface area contributed by atoms with Gasteiger partial charge in [0.25, 0.3) is 11.8 Å². The van der Waals surface area contributed by atoms with Crippen LogP contribution in [0.4, 0.5) is 10.5 Å². The van der Waals surface area contributed by atoms with Gasteiger partial charge in [-0.05, 0) is 71.3 Å². The van der Waals surface area contributed by atoms with Crippen molar-refractivity contribution in [3.8, 4) is 17.2 Å². The van der Waals surface area contributed by atoms with Crippen LogP contribution in [0.2, 0.25) is 15.1 Å². The number of hydrogen-bond acceptors (Lipinski definition) is 6. The summed E-state index contributed by atoms with van der Waals surface area (Å²) < 4.78 is 17.3. The van der Waals surface area contributed by atoms with Crippen LogP contribution in [-0.2, 0) is 22.8 Å². The minimum Gasteiger partial charge on any atom is -0.493 e. The Morgan fingerprint density at radius 2 is 1.44 bits per heavy atom. The van der Waals surface area contributed by atoms with Crippen molar-refractivity contribution in [3.63, 3.8) is 0 Å². The number of nitrogens with one attached hydrogen (secondary N) is 1. The Bertz CT molecular complexity index is 1700. The van der Waals surface area contributed by atoms with E-state index in [1.807, 2.05) is 36.4 Å². The first-order valence-corrected chi connectivity index (χ1v) is 14.0. The van der Waals surface area contributed by atoms with E-state index in [-0.39, 0.29) is 33.7 Å². The van der Waals surface area contributed by atoms with E-state index in [1.54, 1.807) is 19.2 Å². The number of carbonyl (C=O) groups excluding carboxylic acids is 3. The maximum Gasteiger partial charge on any atom is 0.335 e. The lowest BCUT2D eigenvalue weighted by molar-refractivity contribution is -0.122. The highest BCUT2D eigenvalue weighted by atomic mass is 35.5. The highest BCUT2D eigenvalue weighted by molar-refractivity contribution is 6.40. The van der Waals surface area contributed by atoms with Gasteiger partial charge < -0.3 is 14.2 Å². The Kier molecular flexibility index (Phi) is 9.21. The summed E-state index contributed by atoms with van der Waals surface area (Å²) in [6, 6.07) is 23.4. The first-order chi connectivity index (χ1) is 20.7. The standard InChI is InChI=1S/C32H23Cl3N2O6/c1-41-28-16-20(7-12-27(28)42-17-19-5-3-2-4-6-19)18-43-29-25(34)14-21(15-26(29)35)13-24-30(38)36-32(40)37(31(24)39)23-10-8-22(33)9-11-23/h2-16H,17-18H2,1H3,(H,36,38,40)/b24-13-. The smallest absolute Gasteiger partial charge is 0.335 e. The summed E-state index contributed by atoms with van der Waals surface area (Å²) in [6.45, 7) is 0.512. The molecule has 0 spiro atoms. The van der Waals surface area contributed by atoms with Crippen LogP contribution >= 0.6 is 34.8 Å². The third kappa shape index (κ3) is 6.94. The first-order valence-electron chi connectivity index (χ1n) is 12.9. The minimum atomic E-state index is -0.873. The summed E-state index contributed by atoms with van der Waals surface area (Å²) in [4.78, 5) is 39.0. The second-order valence-corrected chi connectivity index (χ2v) is 10.5. The van der Waals surface area contributed by atoms with Gasteiger partial charge in [0.15, 0.2) is 17.2 Å². The van der Waals surface area contributed by atoms with Crippen LogP contribution in [0.5, 0.6) is 17.2 Å². The molecule has 0 aromatic heterocycles. The van der Waals surface area contributed by atoms with Crippen molar-refractivity contribution in [1.82, 2.24) is 5.32 Å². The number of benzene rings is 4. The number of hydrogen-bond donors (Lipinski definition) is 1. The van der Waals surface area contributed by atoms with Crippen molar-refractivity contribution in [1.29, 1.82) is 0 Å². The van der Waals surface area contributed by atoms with Crippen molar-refractivity contribution in [3.05, 3.63) is 122 Å². The molecule has 0 unspecified atom stereocenters. The molecule has 5 rings (SSSR count). The van der Waals surface area contributed by atoms with Crippen molar-refractivity contribution in [2.45, 2.75) is 13.2 Å². The summed E-state index contributed by atoms with van der Waals surface area (Å²) in [6.07, 6.45) is 1.30. The number of nitrogens with zero attached hydrogens (tertiary/aromatic N) is 1. The third-order valence-electron chi connectivity index (χ3n) is 6.37. The lowest BCUT2D eigenvalue weighted by atomic mass is 10.1. The van der Waals surface area contributed by atoms with Gasteiger partial charge >= 0.3 is 6.03 Å². The second kappa shape index (κ2) is 13.2. The molecule has 0 saturated carbocycles. The third-order valence-corrected chi connectivity index (χ3v) is 7.18. The number of imide groups is 2. The van der Waals surface area contributed by atoms with E-state index in [0.29, 0.717) is 28.7 Å². The molecule has 1 fully saturated rings. The van der Waals surface area contributed by atoms with E-state index < -0.39 is 17.8 Å². The molecule has 218 valence electrons. The molecular formula is C32H23Cl3N2O6. The van der Waals surface area contributed by atoms with Crippen LogP contribution in [0, 0.1) is 0 Å². The molecule has 0 aliphatic carbocycles. The van der Waals surface area contributed by atoms with Gasteiger partial charge in [-0.15, -0.1) is 0 Å². The Hall–Kier alpha value is -4.50. The molecule has 4 aromatic rings. The Labute approximate surface area is 262 Å². The van der Waals surface area contributed by atoms with E-state index in [9.17, 15) is 14.4 Å². The topological polar surface area (TPSA) is 94.2 Å². The van der Waals surface area contributed by atoms with Gasteiger partial charge in [0.05, 0.1) is 22.8 Å². The molecule has 1 aliphatic rings. The normalized spacial score (nSPS) is 14.1. The number of methoxy groups -OCH3 is 1. The van der Waals surface area contributed by atoms with Crippen LogP contribution in [0.25, 0.3) is 6.08 Å². The molecule has 0 radical (unpaired) electrons. The van der Waals surface area contributed by atoms with Gasteiger partial charge in [-0.25, -0.2) is 9.69 Å². The Balaban J connectivity index is 1.30. The zero-order valence-electron chi connectivity index (χ0n) is 22.6. The number of rotatable bonds is 9. The SMILES string of the molecule is COc1cc(COc2c(Cl)cc(/C=C3/C(=O)NC(=O)N(c4ccc(Cl)cc4)C3=O)cc2Cl)ccc1OCc1ccccc1. The van der Waals surface area contributed by atoms with E-state index in [2.05, 4.69) is 5.32 Å². The number of barbiturate groups is 1. The molecule has 1 heterocycles. The van der Waals surface area contributed by atoms with E-state index in [0.717, 1.165) is 16.0 Å². The van der Waals surface area contributed by atoms with Crippen molar-refractivity contribution < 1.29 is 28.6 Å². The lowest BCUT2D eigenvalue weighted by Gasteiger charge is -2.26. The maximum atomic E-state index is 13.2. The van der Waals surface area contributed by atoms with Gasteiger partial charge in [0.2, 0.25) is 0 Å². The van der Waals surface area contributed by atoms with Crippen LogP contribution in [0.3, 0.4) is 0 Å². The van der Waals surface area contributed by atoms with Crippen molar-refractivity contribution in [2.75, 3.05) is 12.0 Å². The van der Waals surface area contributed by atoms with E-state index >= 15 is 0 Å². The summed E-state index contributed by atoms with van der Waals surface area (Å²) in [5, 5.41) is 2.91. The van der Waals surface area contributed by atoms with Gasteiger partial charge in [-0.2, -0.15) is 0 Å². The number of amides is 4. The van der Waals surface area contributed by atoms with E-state index in [1.165, 1.54) is 42.5 Å². The number of anilines is 1. The fourth-order valence-corrected chi connectivity index (χ4v) is 5.00. The fourth-order valence-electron chi connectivity index (χ4n) is 4.26. The molecule has 43 heavy (non-hydrogen) atoms. The number of urea groups is 1. The number of ether oxygens (including phenoxy) is 3. The molecule has 4 aromatic carbocycles. The van der Waals surface area contributed by atoms with Crippen LogP contribution in [-0.4, -0.2) is 25.0 Å². The quantitative estimate of drug-likeness (QED) is 0.151. The predicted molar refractivity (Wildman–Crippen MR) is 165 cm³/mol. The van der Waals surface area contributed by atoms with E-state index in [4.69, 9.17) is 49.0 Å². The Morgan fingerprint density at radius 3 is 2.12 bits per heavy atom. The second-order valence-electron chi connectivity index (χ2n) is 9.30. The Morgan fingerprint density at radius 1 is 0.767 bits per heavy atom. The zero-order chi connectivity index (χ0) is 30.5. The molecule has 11 heteroatoms. The largest absolute Gasteiger partial charge is 0.493 e. The van der Waals surface area contributed by atoms with Gasteiger partial charge in [-0.3, -0.25) is 14.9 Å². The average molecular weight is 638 g/mol. The van der Waals surface area contributed by atoms with Gasteiger partial charge in [0.1, 0.15) is 18.8 Å². The average Bonchev–Trinajstić information content (AvgIpc) is 2.99. The summed E-state index contributed by atoms with van der Waals surface area (Å²) in [7, 11) is 1.55. The maximum absolute atomic E-state index is 13.2. The summed E-state index contributed by atoms with van der Waals surface area (Å²) in [5.74, 6) is -0.322. The highest BCUT2D eigenvalue weighted by Gasteiger charge is 2.36. The summed E-state index contributed by atoms with van der Waals surface area (Å²) >= 11 is 18.9. The van der Waals surface area contributed by atoms with Gasteiger partial charge in [0, 0.05) is 5.02 Å². The first kappa shape index (κ1) is 30.0. The minimum absolute atomic E-state index is 0.119. The molecule has 1 N–H and O–H groups in total. The zero-order valence-corrected chi connectivity index (χ0v) is 24.9. The molecule has 8 nitrogen and oxygen atoms in total. The highest BCUT2D eigenvalue weighted by Crippen LogP contribution is 2.37. The summed E-state index contributed by atoms with van der Waals surface area (Å²) in [5.41, 5.74) is 2.13. The van der Waals surface area contributed by atoms with Crippen LogP contribution < -0.4 is 24.4 Å². The number of halogens is 3. The molecule has 0 atom stereocenters. The van der Waals surface area contributed by atoms with Crippen molar-refractivity contribution in [2.24, 2.45) is 0 Å². The van der Waals surface area contributed by atoms with Crippen LogP contribution in [0.15, 0.2) is 90.5 Å². The van der Waals surface area contributed by atoms with Gasteiger partial charge in [-0.1, -0.05) is 71.2 Å². The predicted octanol–water partition coefficient (Wildman–Crippen LogP) is 7.48. The molecule has 1 saturated heterocycles.